The highest BCUT2D eigenvalue weighted by Crippen LogP contribution is 2.33. The monoisotopic (exact) mass is 519 g/mol. The van der Waals surface area contributed by atoms with Crippen LogP contribution in [0.3, 0.4) is 0 Å². The first kappa shape index (κ1) is 25.6. The van der Waals surface area contributed by atoms with Crippen molar-refractivity contribution in [1.82, 2.24) is 0 Å². The summed E-state index contributed by atoms with van der Waals surface area (Å²) in [4.78, 5) is 52.7. The summed E-state index contributed by atoms with van der Waals surface area (Å²) in [6, 6.07) is 25.2. The molecule has 1 heterocycles. The topological polar surface area (TPSA) is 90.0 Å². The normalized spacial score (nSPS) is 13.2. The van der Waals surface area contributed by atoms with Crippen LogP contribution < -0.4 is 9.64 Å². The van der Waals surface area contributed by atoms with E-state index in [4.69, 9.17) is 9.47 Å². The van der Waals surface area contributed by atoms with E-state index in [1.807, 2.05) is 32.0 Å². The molecule has 0 radical (unpaired) electrons. The first-order valence-corrected chi connectivity index (χ1v) is 12.4. The first-order valence-electron chi connectivity index (χ1n) is 12.4. The van der Waals surface area contributed by atoms with Gasteiger partial charge >= 0.3 is 5.97 Å². The lowest BCUT2D eigenvalue weighted by atomic mass is 10.1. The van der Waals surface area contributed by atoms with Crippen LogP contribution in [0.15, 0.2) is 91.0 Å². The van der Waals surface area contributed by atoms with E-state index in [0.717, 1.165) is 21.8 Å². The summed E-state index contributed by atoms with van der Waals surface area (Å²) in [7, 11) is 0. The molecule has 1 unspecified atom stereocenters. The van der Waals surface area contributed by atoms with E-state index in [0.29, 0.717) is 17.0 Å². The van der Waals surface area contributed by atoms with Crippen LogP contribution in [0.4, 0.5) is 5.69 Å². The summed E-state index contributed by atoms with van der Waals surface area (Å²) in [5, 5.41) is 0. The van der Waals surface area contributed by atoms with Gasteiger partial charge < -0.3 is 9.47 Å². The van der Waals surface area contributed by atoms with E-state index in [9.17, 15) is 19.2 Å². The van der Waals surface area contributed by atoms with Crippen LogP contribution in [0.5, 0.6) is 11.5 Å². The van der Waals surface area contributed by atoms with Crippen molar-refractivity contribution in [1.29, 1.82) is 0 Å². The molecule has 194 valence electrons. The molecule has 0 fully saturated rings. The maximum absolute atomic E-state index is 13.2. The number of carbonyl (C=O) groups excluding carboxylic acids is 4. The molecule has 1 atom stereocenters. The number of benzene rings is 4. The van der Waals surface area contributed by atoms with Gasteiger partial charge in [-0.1, -0.05) is 48.5 Å². The van der Waals surface area contributed by atoms with Crippen molar-refractivity contribution >= 4 is 29.3 Å². The molecule has 4 aromatic carbocycles. The molecule has 0 saturated carbocycles. The number of hydrogen-bond acceptors (Lipinski definition) is 6. The third-order valence-corrected chi connectivity index (χ3v) is 6.56. The van der Waals surface area contributed by atoms with E-state index in [1.165, 1.54) is 25.1 Å². The lowest BCUT2D eigenvalue weighted by molar-refractivity contribution is 0.0318. The molecule has 1 aliphatic heterocycles. The Morgan fingerprint density at radius 2 is 1.36 bits per heavy atom. The molecule has 7 nitrogen and oxygen atoms in total. The zero-order valence-electron chi connectivity index (χ0n) is 21.6. The van der Waals surface area contributed by atoms with Crippen molar-refractivity contribution in [2.45, 2.75) is 26.9 Å². The molecular weight excluding hydrogens is 494 g/mol. The zero-order valence-corrected chi connectivity index (χ0v) is 21.6. The maximum atomic E-state index is 13.2. The smallest absolute Gasteiger partial charge is 0.338 e. The molecule has 0 saturated heterocycles. The predicted molar refractivity (Wildman–Crippen MR) is 146 cm³/mol. The molecule has 2 amide bonds. The van der Waals surface area contributed by atoms with Crippen molar-refractivity contribution in [2.75, 3.05) is 4.90 Å². The molecule has 0 aromatic heterocycles. The van der Waals surface area contributed by atoms with Crippen LogP contribution in [0.1, 0.15) is 59.5 Å². The van der Waals surface area contributed by atoms with E-state index in [1.54, 1.807) is 54.6 Å². The highest BCUT2D eigenvalue weighted by atomic mass is 16.5. The minimum absolute atomic E-state index is 0.0711. The molecule has 1 aliphatic rings. The largest absolute Gasteiger partial charge is 0.457 e. The van der Waals surface area contributed by atoms with Crippen LogP contribution in [-0.2, 0) is 4.74 Å². The summed E-state index contributed by atoms with van der Waals surface area (Å²) >= 11 is 0. The second kappa shape index (κ2) is 10.4. The van der Waals surface area contributed by atoms with Crippen LogP contribution in [0.25, 0.3) is 0 Å². The number of imide groups is 1. The molecule has 0 bridgehead atoms. The Kier molecular flexibility index (Phi) is 6.81. The third-order valence-electron chi connectivity index (χ3n) is 6.56. The van der Waals surface area contributed by atoms with Gasteiger partial charge in [0.05, 0.1) is 22.4 Å². The number of fused-ring (bicyclic) bond motifs is 1. The van der Waals surface area contributed by atoms with Gasteiger partial charge in [0.1, 0.15) is 11.5 Å². The number of ether oxygens (including phenoxy) is 2. The first-order chi connectivity index (χ1) is 18.7. The summed E-state index contributed by atoms with van der Waals surface area (Å²) < 4.78 is 11.4. The van der Waals surface area contributed by atoms with Gasteiger partial charge in [-0.05, 0) is 74.4 Å². The number of rotatable bonds is 7. The summed E-state index contributed by atoms with van der Waals surface area (Å²) in [6.07, 6.45) is -1.02. The van der Waals surface area contributed by atoms with Crippen molar-refractivity contribution < 1.29 is 28.7 Å². The van der Waals surface area contributed by atoms with Crippen molar-refractivity contribution in [2.24, 2.45) is 0 Å². The number of aryl methyl sites for hydroxylation is 2. The number of ketones is 1. The number of carbonyl (C=O) groups is 4. The van der Waals surface area contributed by atoms with Gasteiger partial charge in [0.25, 0.3) is 11.8 Å². The van der Waals surface area contributed by atoms with E-state index in [-0.39, 0.29) is 22.5 Å². The lowest BCUT2D eigenvalue weighted by Gasteiger charge is -2.15. The molecule has 0 aliphatic carbocycles. The number of anilines is 1. The van der Waals surface area contributed by atoms with Crippen molar-refractivity contribution in [3.05, 3.63) is 124 Å². The maximum Gasteiger partial charge on any atom is 0.338 e. The van der Waals surface area contributed by atoms with E-state index < -0.39 is 23.9 Å². The fourth-order valence-electron chi connectivity index (χ4n) is 4.46. The molecular formula is C32H25NO6. The number of Topliss-reactive ketones (excluding diaryl/α,β-unsaturated/α-hetero) is 1. The average molecular weight is 520 g/mol. The Bertz CT molecular complexity index is 1590. The predicted octanol–water partition coefficient (Wildman–Crippen LogP) is 6.32. The van der Waals surface area contributed by atoms with Gasteiger partial charge in [0.2, 0.25) is 5.78 Å². The summed E-state index contributed by atoms with van der Waals surface area (Å²) in [5.74, 6) is -0.830. The van der Waals surface area contributed by atoms with Gasteiger partial charge in [-0.25, -0.2) is 9.69 Å². The second-order valence-electron chi connectivity index (χ2n) is 9.30. The Morgan fingerprint density at radius 3 is 2.03 bits per heavy atom. The highest BCUT2D eigenvalue weighted by Gasteiger charge is 2.37. The molecule has 0 N–H and O–H groups in total. The van der Waals surface area contributed by atoms with Gasteiger partial charge in [0, 0.05) is 5.56 Å². The Hall–Kier alpha value is -5.04. The van der Waals surface area contributed by atoms with Crippen molar-refractivity contribution in [3.63, 3.8) is 0 Å². The van der Waals surface area contributed by atoms with Gasteiger partial charge in [-0.2, -0.15) is 0 Å². The van der Waals surface area contributed by atoms with Crippen LogP contribution in [0.2, 0.25) is 0 Å². The Balaban J connectivity index is 1.32. The Morgan fingerprint density at radius 1 is 0.718 bits per heavy atom. The number of hydrogen-bond donors (Lipinski definition) is 0. The second-order valence-corrected chi connectivity index (χ2v) is 9.30. The molecule has 39 heavy (non-hydrogen) atoms. The molecule has 7 heteroatoms. The number of nitrogens with zero attached hydrogens (tertiary/aromatic N) is 1. The highest BCUT2D eigenvalue weighted by molar-refractivity contribution is 6.34. The summed E-state index contributed by atoms with van der Waals surface area (Å²) in [6.45, 7) is 5.41. The number of amides is 2. The van der Waals surface area contributed by atoms with Crippen molar-refractivity contribution in [3.8, 4) is 11.5 Å². The fourth-order valence-corrected chi connectivity index (χ4v) is 4.46. The molecule has 5 rings (SSSR count). The van der Waals surface area contributed by atoms with Crippen LogP contribution >= 0.6 is 0 Å². The van der Waals surface area contributed by atoms with E-state index in [2.05, 4.69) is 0 Å². The fraction of sp³-hybridized carbons (Fsp3) is 0.125. The van der Waals surface area contributed by atoms with Gasteiger partial charge in [0.15, 0.2) is 6.10 Å². The minimum Gasteiger partial charge on any atom is -0.457 e. The van der Waals surface area contributed by atoms with Gasteiger partial charge in [-0.15, -0.1) is 0 Å². The molecule has 0 spiro atoms. The third kappa shape index (κ3) is 4.94. The minimum atomic E-state index is -1.02. The van der Waals surface area contributed by atoms with E-state index >= 15 is 0 Å². The zero-order chi connectivity index (χ0) is 27.7. The molecule has 4 aromatic rings. The summed E-state index contributed by atoms with van der Waals surface area (Å²) in [5.41, 5.74) is 3.13. The number of para-hydroxylation sites is 1. The van der Waals surface area contributed by atoms with Gasteiger partial charge in [-0.3, -0.25) is 14.4 Å². The van der Waals surface area contributed by atoms with Crippen LogP contribution in [0, 0.1) is 13.8 Å². The number of esters is 1. The SMILES string of the molecule is Cc1cccc(C)c1Oc1ccc(N2C(=O)c3ccc(C(=O)OC(C)C(=O)c4ccccc4)cc3C2=O)cc1. The Labute approximate surface area is 225 Å². The lowest BCUT2D eigenvalue weighted by Crippen LogP contribution is -2.29. The standard InChI is InChI=1S/C32H25NO6/c1-19-8-7-9-20(2)29(19)39-25-15-13-24(14-16-25)33-30(35)26-17-12-23(18-27(26)31(33)36)32(37)38-21(3)28(34)22-10-5-4-6-11-22/h4-18,21H,1-3H3. The van der Waals surface area contributed by atoms with Crippen LogP contribution in [-0.4, -0.2) is 29.7 Å². The average Bonchev–Trinajstić information content (AvgIpc) is 3.20. The quantitative estimate of drug-likeness (QED) is 0.161.